The second-order valence-corrected chi connectivity index (χ2v) is 7.54. The lowest BCUT2D eigenvalue weighted by Crippen LogP contribution is -2.67. The number of anilines is 1. The Kier molecular flexibility index (Phi) is 5.08. The van der Waals surface area contributed by atoms with Crippen LogP contribution >= 0.6 is 0 Å². The van der Waals surface area contributed by atoms with Gasteiger partial charge in [-0.2, -0.15) is 0 Å². The van der Waals surface area contributed by atoms with Gasteiger partial charge in [-0.25, -0.2) is 0 Å². The van der Waals surface area contributed by atoms with E-state index in [1.165, 1.54) is 5.56 Å². The van der Waals surface area contributed by atoms with Crippen LogP contribution in [0, 0.1) is 0 Å². The molecule has 2 heterocycles. The van der Waals surface area contributed by atoms with Gasteiger partial charge >= 0.3 is 0 Å². The third-order valence-corrected chi connectivity index (χ3v) is 5.24. The summed E-state index contributed by atoms with van der Waals surface area (Å²) in [5.74, 6) is 0.310. The van der Waals surface area contributed by atoms with E-state index in [2.05, 4.69) is 29.2 Å². The van der Waals surface area contributed by atoms with Crippen LogP contribution in [0.4, 0.5) is 5.69 Å². The molecule has 2 aromatic carbocycles. The third-order valence-electron chi connectivity index (χ3n) is 5.24. The van der Waals surface area contributed by atoms with Crippen molar-refractivity contribution in [3.8, 4) is 5.75 Å². The maximum absolute atomic E-state index is 6.25. The fourth-order valence-electron chi connectivity index (χ4n) is 3.79. The van der Waals surface area contributed by atoms with Crippen LogP contribution in [0.25, 0.3) is 0 Å². The molecule has 144 valence electrons. The molecule has 0 N–H and O–H groups in total. The first-order valence-corrected chi connectivity index (χ1v) is 9.44. The molecule has 0 amide bonds. The molecule has 0 spiro atoms. The van der Waals surface area contributed by atoms with E-state index < -0.39 is 5.79 Å². The smallest absolute Gasteiger partial charge is 0.163 e. The molecule has 2 aliphatic rings. The number of hydrogen-bond acceptors (Lipinski definition) is 5. The standard InChI is InChI=1S/C22H27NO4/c1-22(2)26-15-20(27-22)21-19(25-14-16-7-5-4-6-8-16)13-23(21)17-9-11-18(24-3)12-10-17/h4-12,19-21H,13-15H2,1-3H3/t19-,20+,21+/m0/s1. The number of hydrogen-bond donors (Lipinski definition) is 0. The molecular weight excluding hydrogens is 342 g/mol. The zero-order valence-corrected chi connectivity index (χ0v) is 16.1. The van der Waals surface area contributed by atoms with Crippen molar-refractivity contribution in [2.45, 2.75) is 44.5 Å². The van der Waals surface area contributed by atoms with Crippen molar-refractivity contribution in [2.75, 3.05) is 25.2 Å². The van der Waals surface area contributed by atoms with Gasteiger partial charge < -0.3 is 23.8 Å². The average molecular weight is 369 g/mol. The highest BCUT2D eigenvalue weighted by Gasteiger charge is 2.50. The van der Waals surface area contributed by atoms with E-state index in [-0.39, 0.29) is 18.2 Å². The minimum Gasteiger partial charge on any atom is -0.497 e. The van der Waals surface area contributed by atoms with Crippen LogP contribution < -0.4 is 9.64 Å². The first kappa shape index (κ1) is 18.3. The van der Waals surface area contributed by atoms with Gasteiger partial charge in [0.2, 0.25) is 0 Å². The lowest BCUT2D eigenvalue weighted by molar-refractivity contribution is -0.150. The van der Waals surface area contributed by atoms with Gasteiger partial charge in [0.25, 0.3) is 0 Å². The normalized spacial score (nSPS) is 26.6. The summed E-state index contributed by atoms with van der Waals surface area (Å²) in [4.78, 5) is 2.34. The maximum atomic E-state index is 6.25. The highest BCUT2D eigenvalue weighted by molar-refractivity contribution is 5.53. The summed E-state index contributed by atoms with van der Waals surface area (Å²) in [6.45, 7) is 5.95. The van der Waals surface area contributed by atoms with Crippen molar-refractivity contribution in [1.29, 1.82) is 0 Å². The van der Waals surface area contributed by atoms with Crippen molar-refractivity contribution in [1.82, 2.24) is 0 Å². The lowest BCUT2D eigenvalue weighted by Gasteiger charge is -2.51. The Bertz CT molecular complexity index is 747. The van der Waals surface area contributed by atoms with Crippen molar-refractivity contribution < 1.29 is 18.9 Å². The molecular formula is C22H27NO4. The molecule has 2 aliphatic heterocycles. The maximum Gasteiger partial charge on any atom is 0.163 e. The van der Waals surface area contributed by atoms with E-state index in [0.29, 0.717) is 13.2 Å². The Morgan fingerprint density at radius 3 is 2.44 bits per heavy atom. The minimum absolute atomic E-state index is 0.0170. The van der Waals surface area contributed by atoms with E-state index in [0.717, 1.165) is 18.0 Å². The van der Waals surface area contributed by atoms with Crippen molar-refractivity contribution in [3.05, 3.63) is 60.2 Å². The molecule has 0 saturated carbocycles. The van der Waals surface area contributed by atoms with Gasteiger partial charge in [0, 0.05) is 12.2 Å². The second-order valence-electron chi connectivity index (χ2n) is 7.54. The van der Waals surface area contributed by atoms with E-state index in [9.17, 15) is 0 Å². The third kappa shape index (κ3) is 3.95. The molecule has 5 heteroatoms. The summed E-state index contributed by atoms with van der Waals surface area (Å²) in [6.07, 6.45) is 0.0893. The van der Waals surface area contributed by atoms with Crippen LogP contribution in [0.5, 0.6) is 5.75 Å². The molecule has 2 fully saturated rings. The zero-order valence-electron chi connectivity index (χ0n) is 16.1. The van der Waals surface area contributed by atoms with E-state index >= 15 is 0 Å². The Labute approximate surface area is 160 Å². The monoisotopic (exact) mass is 369 g/mol. The van der Waals surface area contributed by atoms with Crippen LogP contribution in [-0.4, -0.2) is 44.3 Å². The molecule has 2 aromatic rings. The summed E-state index contributed by atoms with van der Waals surface area (Å²) < 4.78 is 23.5. The van der Waals surface area contributed by atoms with Gasteiger partial charge in [-0.3, -0.25) is 0 Å². The summed E-state index contributed by atoms with van der Waals surface area (Å²) >= 11 is 0. The molecule has 2 saturated heterocycles. The summed E-state index contributed by atoms with van der Waals surface area (Å²) in [5, 5.41) is 0. The number of ether oxygens (including phenoxy) is 4. The molecule has 4 rings (SSSR count). The van der Waals surface area contributed by atoms with E-state index in [1.54, 1.807) is 7.11 Å². The topological polar surface area (TPSA) is 40.2 Å². The Hall–Kier alpha value is -2.08. The van der Waals surface area contributed by atoms with Gasteiger partial charge in [-0.05, 0) is 43.7 Å². The fourth-order valence-corrected chi connectivity index (χ4v) is 3.79. The van der Waals surface area contributed by atoms with E-state index in [1.807, 2.05) is 44.2 Å². The van der Waals surface area contributed by atoms with E-state index in [4.69, 9.17) is 18.9 Å². The average Bonchev–Trinajstić information content (AvgIpc) is 3.01. The highest BCUT2D eigenvalue weighted by atomic mass is 16.7. The summed E-state index contributed by atoms with van der Waals surface area (Å²) in [6, 6.07) is 18.5. The number of benzene rings is 2. The summed E-state index contributed by atoms with van der Waals surface area (Å²) in [7, 11) is 1.68. The first-order chi connectivity index (χ1) is 13.1. The first-order valence-electron chi connectivity index (χ1n) is 9.44. The molecule has 27 heavy (non-hydrogen) atoms. The van der Waals surface area contributed by atoms with Gasteiger partial charge in [-0.1, -0.05) is 30.3 Å². The Morgan fingerprint density at radius 2 is 1.81 bits per heavy atom. The molecule has 0 radical (unpaired) electrons. The number of methoxy groups -OCH3 is 1. The Morgan fingerprint density at radius 1 is 1.07 bits per heavy atom. The predicted molar refractivity (Wildman–Crippen MR) is 104 cm³/mol. The van der Waals surface area contributed by atoms with Crippen LogP contribution in [0.3, 0.4) is 0 Å². The van der Waals surface area contributed by atoms with Crippen LogP contribution in [0.15, 0.2) is 54.6 Å². The highest BCUT2D eigenvalue weighted by Crippen LogP contribution is 2.37. The predicted octanol–water partition coefficient (Wildman–Crippen LogP) is 3.62. The largest absolute Gasteiger partial charge is 0.497 e. The van der Waals surface area contributed by atoms with Crippen molar-refractivity contribution in [2.24, 2.45) is 0 Å². The molecule has 0 aromatic heterocycles. The molecule has 5 nitrogen and oxygen atoms in total. The number of rotatable bonds is 6. The SMILES string of the molecule is COc1ccc(N2C[C@H](OCc3ccccc3)[C@@H]2[C@H]2COC(C)(C)O2)cc1. The lowest BCUT2D eigenvalue weighted by atomic mass is 9.92. The molecule has 0 bridgehead atoms. The van der Waals surface area contributed by atoms with Gasteiger partial charge in [0.1, 0.15) is 11.9 Å². The van der Waals surface area contributed by atoms with Crippen LogP contribution in [0.2, 0.25) is 0 Å². The quantitative estimate of drug-likeness (QED) is 0.778. The molecule has 0 unspecified atom stereocenters. The molecule has 3 atom stereocenters. The van der Waals surface area contributed by atoms with Crippen LogP contribution in [-0.2, 0) is 20.8 Å². The van der Waals surface area contributed by atoms with Crippen LogP contribution in [0.1, 0.15) is 19.4 Å². The summed E-state index contributed by atoms with van der Waals surface area (Å²) in [5.41, 5.74) is 2.33. The fraction of sp³-hybridized carbons (Fsp3) is 0.455. The van der Waals surface area contributed by atoms with Gasteiger partial charge in [-0.15, -0.1) is 0 Å². The van der Waals surface area contributed by atoms with Gasteiger partial charge in [0.15, 0.2) is 5.79 Å². The second kappa shape index (κ2) is 7.50. The molecule has 0 aliphatic carbocycles. The van der Waals surface area contributed by atoms with Crippen molar-refractivity contribution in [3.63, 3.8) is 0 Å². The Balaban J connectivity index is 1.48. The van der Waals surface area contributed by atoms with Gasteiger partial charge in [0.05, 0.1) is 32.5 Å². The number of nitrogens with zero attached hydrogens (tertiary/aromatic N) is 1. The van der Waals surface area contributed by atoms with Crippen molar-refractivity contribution >= 4 is 5.69 Å². The zero-order chi connectivity index (χ0) is 18.9. The minimum atomic E-state index is -0.546.